The molecule has 10 heteroatoms. The molecule has 0 fully saturated rings. The number of benzene rings is 3. The predicted octanol–water partition coefficient (Wildman–Crippen LogP) is 6.87. The topological polar surface area (TPSA) is 118 Å². The second-order valence-electron chi connectivity index (χ2n) is 10.3. The van der Waals surface area contributed by atoms with E-state index >= 15 is 0 Å². The lowest BCUT2D eigenvalue weighted by Crippen LogP contribution is -2.21. The van der Waals surface area contributed by atoms with Crippen molar-refractivity contribution in [3.8, 4) is 28.6 Å². The summed E-state index contributed by atoms with van der Waals surface area (Å²) in [6, 6.07) is 13.9. The molecular weight excluding hydrogens is 536 g/mol. The molecule has 0 N–H and O–H groups in total. The molecule has 0 radical (unpaired) electrons. The molecule has 0 spiro atoms. The van der Waals surface area contributed by atoms with Crippen LogP contribution in [0.1, 0.15) is 63.6 Å². The monoisotopic (exact) mass is 572 g/mol. The average Bonchev–Trinajstić information content (AvgIpc) is 2.96. The first-order valence-electron chi connectivity index (χ1n) is 14.0. The van der Waals surface area contributed by atoms with Gasteiger partial charge in [-0.15, -0.1) is 0 Å². The van der Waals surface area contributed by atoms with Gasteiger partial charge in [-0.2, -0.15) is 9.78 Å². The van der Waals surface area contributed by atoms with Gasteiger partial charge in [0.1, 0.15) is 5.75 Å². The van der Waals surface area contributed by atoms with Crippen molar-refractivity contribution in [3.05, 3.63) is 85.7 Å². The fraction of sp³-hybridized carbons (Fsp3) is 0.344. The number of nitro benzene ring substituents is 1. The SMILES string of the molecule is CCOc1cc(C)c(-c2nc3ccccc3c(=O)n2N=Cc2cc(OC)c(O[C@@H](C)CC)c([N+](=O)[O-])c2)cc1C(C)C. The van der Waals surface area contributed by atoms with Gasteiger partial charge in [0.05, 0.1) is 41.9 Å². The Morgan fingerprint density at radius 2 is 1.83 bits per heavy atom. The van der Waals surface area contributed by atoms with Gasteiger partial charge in [0.2, 0.25) is 5.75 Å². The van der Waals surface area contributed by atoms with E-state index in [0.29, 0.717) is 35.3 Å². The van der Waals surface area contributed by atoms with Crippen LogP contribution in [0.15, 0.2) is 58.4 Å². The Morgan fingerprint density at radius 3 is 2.48 bits per heavy atom. The number of nitro groups is 1. The number of hydrogen-bond acceptors (Lipinski definition) is 8. The highest BCUT2D eigenvalue weighted by molar-refractivity contribution is 5.84. The van der Waals surface area contributed by atoms with E-state index in [0.717, 1.165) is 22.4 Å². The summed E-state index contributed by atoms with van der Waals surface area (Å²) in [5, 5.41) is 16.9. The Morgan fingerprint density at radius 1 is 1.10 bits per heavy atom. The third kappa shape index (κ3) is 6.12. The van der Waals surface area contributed by atoms with E-state index in [-0.39, 0.29) is 34.8 Å². The van der Waals surface area contributed by atoms with Gasteiger partial charge in [-0.05, 0) is 74.6 Å². The van der Waals surface area contributed by atoms with Crippen molar-refractivity contribution in [1.82, 2.24) is 9.66 Å². The maximum Gasteiger partial charge on any atom is 0.315 e. The highest BCUT2D eigenvalue weighted by Crippen LogP contribution is 2.39. The summed E-state index contributed by atoms with van der Waals surface area (Å²) in [5.41, 5.74) is 2.82. The minimum Gasteiger partial charge on any atom is -0.494 e. The number of aryl methyl sites for hydroxylation is 1. The quantitative estimate of drug-likeness (QED) is 0.109. The number of rotatable bonds is 11. The van der Waals surface area contributed by atoms with Crippen LogP contribution in [0.25, 0.3) is 22.3 Å². The standard InChI is InChI=1S/C32H36N4O6/c1-8-21(6)42-30-27(36(38)39)15-22(16-29(30)40-7)18-33-35-31(34-26-13-11-10-12-23(26)32(35)37)25-17-24(19(3)4)28(41-9-2)14-20(25)5/h10-19,21H,8-9H2,1-7H3/t21-/m0/s1. The number of aromatic nitrogens is 2. The smallest absolute Gasteiger partial charge is 0.315 e. The highest BCUT2D eigenvalue weighted by atomic mass is 16.6. The summed E-state index contributed by atoms with van der Waals surface area (Å²) in [7, 11) is 1.42. The lowest BCUT2D eigenvalue weighted by atomic mass is 9.96. The molecule has 1 atom stereocenters. The summed E-state index contributed by atoms with van der Waals surface area (Å²) in [6.07, 6.45) is 1.79. The molecule has 0 saturated heterocycles. The van der Waals surface area contributed by atoms with Crippen molar-refractivity contribution < 1.29 is 19.1 Å². The van der Waals surface area contributed by atoms with E-state index in [1.165, 1.54) is 24.1 Å². The van der Waals surface area contributed by atoms with Crippen LogP contribution in [0.2, 0.25) is 0 Å². The van der Waals surface area contributed by atoms with Crippen LogP contribution in [-0.4, -0.2) is 40.6 Å². The van der Waals surface area contributed by atoms with Crippen molar-refractivity contribution in [3.63, 3.8) is 0 Å². The molecule has 42 heavy (non-hydrogen) atoms. The van der Waals surface area contributed by atoms with E-state index in [1.54, 1.807) is 24.3 Å². The Kier molecular flexibility index (Phi) is 9.25. The van der Waals surface area contributed by atoms with Crippen LogP contribution >= 0.6 is 0 Å². The molecule has 4 rings (SSSR count). The molecule has 1 aromatic heterocycles. The lowest BCUT2D eigenvalue weighted by molar-refractivity contribution is -0.386. The van der Waals surface area contributed by atoms with E-state index in [9.17, 15) is 14.9 Å². The molecule has 0 aliphatic rings. The number of methoxy groups -OCH3 is 1. The van der Waals surface area contributed by atoms with Crippen LogP contribution in [0.3, 0.4) is 0 Å². The lowest BCUT2D eigenvalue weighted by Gasteiger charge is -2.18. The second kappa shape index (κ2) is 12.8. The first-order valence-corrected chi connectivity index (χ1v) is 14.0. The molecule has 0 saturated carbocycles. The van der Waals surface area contributed by atoms with Crippen LogP contribution < -0.4 is 19.8 Å². The van der Waals surface area contributed by atoms with E-state index in [1.807, 2.05) is 45.9 Å². The van der Waals surface area contributed by atoms with Gasteiger partial charge in [-0.1, -0.05) is 32.9 Å². The summed E-state index contributed by atoms with van der Waals surface area (Å²) in [4.78, 5) is 30.1. The normalized spacial score (nSPS) is 12.2. The Bertz CT molecular complexity index is 1710. The van der Waals surface area contributed by atoms with Crippen LogP contribution in [0, 0.1) is 17.0 Å². The molecule has 0 amide bonds. The summed E-state index contributed by atoms with van der Waals surface area (Å²) >= 11 is 0. The summed E-state index contributed by atoms with van der Waals surface area (Å²) in [6.45, 7) is 12.3. The largest absolute Gasteiger partial charge is 0.494 e. The zero-order chi connectivity index (χ0) is 30.6. The van der Waals surface area contributed by atoms with Crippen LogP contribution in [-0.2, 0) is 0 Å². The minimum absolute atomic E-state index is 0.0467. The second-order valence-corrected chi connectivity index (χ2v) is 10.3. The summed E-state index contributed by atoms with van der Waals surface area (Å²) < 4.78 is 18.4. The minimum atomic E-state index is -0.524. The molecule has 10 nitrogen and oxygen atoms in total. The molecule has 0 bridgehead atoms. The number of hydrogen-bond donors (Lipinski definition) is 0. The van der Waals surface area contributed by atoms with Gasteiger partial charge < -0.3 is 14.2 Å². The third-order valence-electron chi connectivity index (χ3n) is 6.96. The summed E-state index contributed by atoms with van der Waals surface area (Å²) in [5.74, 6) is 1.52. The number of para-hydroxylation sites is 1. The number of nitrogens with zero attached hydrogens (tertiary/aromatic N) is 4. The van der Waals surface area contributed by atoms with Crippen molar-refractivity contribution in [2.24, 2.45) is 5.10 Å². The molecule has 220 valence electrons. The van der Waals surface area contributed by atoms with Crippen molar-refractivity contribution in [1.29, 1.82) is 0 Å². The predicted molar refractivity (Wildman–Crippen MR) is 164 cm³/mol. The number of ether oxygens (including phenoxy) is 3. The molecule has 1 heterocycles. The van der Waals surface area contributed by atoms with Crippen molar-refractivity contribution >= 4 is 22.8 Å². The first-order chi connectivity index (χ1) is 20.1. The van der Waals surface area contributed by atoms with Gasteiger partial charge in [0, 0.05) is 17.2 Å². The number of fused-ring (bicyclic) bond motifs is 1. The maximum atomic E-state index is 13.8. The molecule has 4 aromatic rings. The molecule has 0 aliphatic heterocycles. The molecule has 0 unspecified atom stereocenters. The fourth-order valence-corrected chi connectivity index (χ4v) is 4.57. The highest BCUT2D eigenvalue weighted by Gasteiger charge is 2.24. The zero-order valence-electron chi connectivity index (χ0n) is 25.0. The van der Waals surface area contributed by atoms with Gasteiger partial charge >= 0.3 is 5.69 Å². The van der Waals surface area contributed by atoms with Crippen LogP contribution in [0.4, 0.5) is 5.69 Å². The van der Waals surface area contributed by atoms with Crippen LogP contribution in [0.5, 0.6) is 17.2 Å². The zero-order valence-corrected chi connectivity index (χ0v) is 25.0. The Hall–Kier alpha value is -4.73. The fourth-order valence-electron chi connectivity index (χ4n) is 4.57. The van der Waals surface area contributed by atoms with Crippen molar-refractivity contribution in [2.75, 3.05) is 13.7 Å². The first kappa shape index (κ1) is 30.2. The molecule has 0 aliphatic carbocycles. The molecular formula is C32H36N4O6. The van der Waals surface area contributed by atoms with E-state index < -0.39 is 4.92 Å². The van der Waals surface area contributed by atoms with E-state index in [2.05, 4.69) is 18.9 Å². The maximum absolute atomic E-state index is 13.8. The third-order valence-corrected chi connectivity index (χ3v) is 6.96. The average molecular weight is 573 g/mol. The Labute approximate surface area is 244 Å². The molecule has 3 aromatic carbocycles. The van der Waals surface area contributed by atoms with Gasteiger partial charge in [0.15, 0.2) is 11.6 Å². The van der Waals surface area contributed by atoms with Crippen molar-refractivity contribution in [2.45, 2.75) is 60.0 Å². The Balaban J connectivity index is 1.94. The van der Waals surface area contributed by atoms with Gasteiger partial charge in [0.25, 0.3) is 5.56 Å². The van der Waals surface area contributed by atoms with Gasteiger partial charge in [-0.25, -0.2) is 4.98 Å². The van der Waals surface area contributed by atoms with E-state index in [4.69, 9.17) is 19.2 Å². The van der Waals surface area contributed by atoms with Gasteiger partial charge in [-0.3, -0.25) is 14.9 Å².